The van der Waals surface area contributed by atoms with E-state index in [1.54, 1.807) is 6.07 Å². The van der Waals surface area contributed by atoms with Crippen molar-refractivity contribution in [3.05, 3.63) is 59.3 Å². The molecule has 0 aliphatic carbocycles. The number of fused-ring (bicyclic) bond motifs is 1. The lowest BCUT2D eigenvalue weighted by Crippen LogP contribution is -2.30. The molecule has 0 aliphatic rings. The predicted octanol–water partition coefficient (Wildman–Crippen LogP) is 2.33. The number of pyridine rings is 1. The summed E-state index contributed by atoms with van der Waals surface area (Å²) >= 11 is 1.47. The second-order valence-corrected chi connectivity index (χ2v) is 8.67. The number of benzene rings is 1. The maximum Gasteiger partial charge on any atom is 0.274 e. The zero-order valence-corrected chi connectivity index (χ0v) is 16.7. The predicted molar refractivity (Wildman–Crippen MR) is 105 cm³/mol. The quantitative estimate of drug-likeness (QED) is 0.444. The van der Waals surface area contributed by atoms with Crippen LogP contribution < -0.4 is 9.86 Å². The van der Waals surface area contributed by atoms with Crippen molar-refractivity contribution in [2.75, 3.05) is 0 Å². The van der Waals surface area contributed by atoms with E-state index in [1.807, 2.05) is 25.1 Å². The fraction of sp³-hybridized carbons (Fsp3) is 0.176. The van der Waals surface area contributed by atoms with Crippen molar-refractivity contribution < 1.29 is 17.2 Å². The van der Waals surface area contributed by atoms with Crippen molar-refractivity contribution >= 4 is 31.8 Å². The topological polar surface area (TPSA) is 137 Å². The molecule has 3 N–H and O–H groups in total. The summed E-state index contributed by atoms with van der Waals surface area (Å²) in [4.78, 5) is 8.30. The first-order valence-corrected chi connectivity index (χ1v) is 10.8. The second-order valence-electron chi connectivity index (χ2n) is 6.23. The fourth-order valence-electron chi connectivity index (χ4n) is 2.63. The number of thiazole rings is 1. The van der Waals surface area contributed by atoms with Crippen molar-refractivity contribution in [2.24, 2.45) is 5.14 Å². The Morgan fingerprint density at radius 2 is 2.03 bits per heavy atom. The van der Waals surface area contributed by atoms with Crippen LogP contribution in [-0.4, -0.2) is 28.6 Å². The van der Waals surface area contributed by atoms with E-state index >= 15 is 0 Å². The average Bonchev–Trinajstić information content (AvgIpc) is 3.32. The summed E-state index contributed by atoms with van der Waals surface area (Å²) in [5.41, 5.74) is 2.52. The third-order valence-electron chi connectivity index (χ3n) is 4.11. The molecule has 0 saturated carbocycles. The molecule has 12 heteroatoms. The van der Waals surface area contributed by atoms with Crippen LogP contribution in [0.25, 0.3) is 21.3 Å². The van der Waals surface area contributed by atoms with Crippen LogP contribution in [0.5, 0.6) is 0 Å². The maximum atomic E-state index is 13.0. The standard InChI is InChI=1S/C17H15FN6O3S2/c1-9(16-24-23-15(27-16)8-21-29(19,25)26)17-22-12-4-2-10(6-13(12)28-17)11-3-5-14(18)20-7-11/h2-7,9,21H,8H2,1H3,(H2,19,25,26). The number of hydrogen-bond donors (Lipinski definition) is 2. The highest BCUT2D eigenvalue weighted by molar-refractivity contribution is 7.87. The molecule has 29 heavy (non-hydrogen) atoms. The first-order chi connectivity index (χ1) is 13.8. The summed E-state index contributed by atoms with van der Waals surface area (Å²) < 4.78 is 43.5. The molecule has 0 fully saturated rings. The van der Waals surface area contributed by atoms with Crippen LogP contribution in [0.4, 0.5) is 4.39 Å². The third kappa shape index (κ3) is 4.45. The SMILES string of the molecule is CC(c1nnc(CNS(N)(=O)=O)o1)c1nc2ccc(-c3ccc(F)nc3)cc2s1. The average molecular weight is 434 g/mol. The Labute approximate surface area is 169 Å². The van der Waals surface area contributed by atoms with Gasteiger partial charge in [-0.15, -0.1) is 21.5 Å². The van der Waals surface area contributed by atoms with Crippen LogP contribution in [0.1, 0.15) is 29.6 Å². The number of nitrogens with two attached hydrogens (primary N) is 1. The summed E-state index contributed by atoms with van der Waals surface area (Å²) in [6.45, 7) is 1.68. The maximum absolute atomic E-state index is 13.0. The molecule has 0 spiro atoms. The number of nitrogens with one attached hydrogen (secondary N) is 1. The molecule has 3 heterocycles. The minimum absolute atomic E-state index is 0.105. The van der Waals surface area contributed by atoms with Crippen molar-refractivity contribution in [1.29, 1.82) is 0 Å². The van der Waals surface area contributed by atoms with Crippen molar-refractivity contribution in [1.82, 2.24) is 24.9 Å². The lowest BCUT2D eigenvalue weighted by molar-refractivity contribution is 0.433. The lowest BCUT2D eigenvalue weighted by atomic mass is 10.1. The van der Waals surface area contributed by atoms with E-state index in [-0.39, 0.29) is 18.4 Å². The molecule has 9 nitrogen and oxygen atoms in total. The van der Waals surface area contributed by atoms with Crippen LogP contribution in [0.2, 0.25) is 0 Å². The summed E-state index contributed by atoms with van der Waals surface area (Å²) in [6, 6.07) is 8.74. The molecule has 0 radical (unpaired) electrons. The van der Waals surface area contributed by atoms with Crippen molar-refractivity contribution in [3.8, 4) is 11.1 Å². The minimum atomic E-state index is -3.85. The van der Waals surface area contributed by atoms with Gasteiger partial charge in [-0.3, -0.25) is 0 Å². The second kappa shape index (κ2) is 7.55. The summed E-state index contributed by atoms with van der Waals surface area (Å²) in [7, 11) is -3.85. The van der Waals surface area contributed by atoms with Gasteiger partial charge in [-0.1, -0.05) is 6.07 Å². The molecule has 4 rings (SSSR count). The van der Waals surface area contributed by atoms with Gasteiger partial charge in [0.15, 0.2) is 0 Å². The monoisotopic (exact) mass is 434 g/mol. The zero-order chi connectivity index (χ0) is 20.6. The van der Waals surface area contributed by atoms with Gasteiger partial charge in [0.05, 0.1) is 22.7 Å². The molecule has 1 atom stereocenters. The van der Waals surface area contributed by atoms with Gasteiger partial charge in [-0.25, -0.2) is 15.1 Å². The lowest BCUT2D eigenvalue weighted by Gasteiger charge is -2.01. The highest BCUT2D eigenvalue weighted by atomic mass is 32.2. The molecule has 3 aromatic heterocycles. The molecule has 0 bridgehead atoms. The van der Waals surface area contributed by atoms with Crippen LogP contribution in [-0.2, 0) is 16.8 Å². The number of aromatic nitrogens is 4. The Hall–Kier alpha value is -2.80. The Morgan fingerprint density at radius 3 is 2.76 bits per heavy atom. The molecule has 150 valence electrons. The van der Waals surface area contributed by atoms with E-state index in [9.17, 15) is 12.8 Å². The van der Waals surface area contributed by atoms with Gasteiger partial charge < -0.3 is 4.42 Å². The van der Waals surface area contributed by atoms with Gasteiger partial charge in [-0.2, -0.15) is 17.5 Å². The Kier molecular flexibility index (Phi) is 5.08. The van der Waals surface area contributed by atoms with Crippen LogP contribution in [0.15, 0.2) is 40.9 Å². The number of nitrogens with zero attached hydrogens (tertiary/aromatic N) is 4. The molecule has 4 aromatic rings. The molecule has 0 aliphatic heterocycles. The molecule has 0 saturated heterocycles. The summed E-state index contributed by atoms with van der Waals surface area (Å²) in [5, 5.41) is 13.4. The van der Waals surface area contributed by atoms with E-state index in [0.717, 1.165) is 26.4 Å². The fourth-order valence-corrected chi connectivity index (χ4v) is 4.01. The number of rotatable bonds is 6. The molecular formula is C17H15FN6O3S2. The van der Waals surface area contributed by atoms with Gasteiger partial charge in [0.1, 0.15) is 5.01 Å². The van der Waals surface area contributed by atoms with Gasteiger partial charge in [-0.05, 0) is 36.8 Å². The van der Waals surface area contributed by atoms with E-state index in [1.165, 1.54) is 23.6 Å². The third-order valence-corrected chi connectivity index (χ3v) is 5.86. The Balaban J connectivity index is 1.57. The number of hydrogen-bond acceptors (Lipinski definition) is 8. The summed E-state index contributed by atoms with van der Waals surface area (Å²) in [5.74, 6) is -0.382. The first kappa shape index (κ1) is 19.5. The summed E-state index contributed by atoms with van der Waals surface area (Å²) in [6.07, 6.45) is 1.48. The Morgan fingerprint density at radius 1 is 1.24 bits per heavy atom. The molecular weight excluding hydrogens is 419 g/mol. The minimum Gasteiger partial charge on any atom is -0.423 e. The van der Waals surface area contributed by atoms with Gasteiger partial charge in [0, 0.05) is 11.8 Å². The zero-order valence-electron chi connectivity index (χ0n) is 15.0. The first-order valence-electron chi connectivity index (χ1n) is 8.40. The van der Waals surface area contributed by atoms with Gasteiger partial charge in [0.25, 0.3) is 10.2 Å². The number of halogens is 1. The smallest absolute Gasteiger partial charge is 0.274 e. The van der Waals surface area contributed by atoms with Gasteiger partial charge >= 0.3 is 0 Å². The van der Waals surface area contributed by atoms with Crippen molar-refractivity contribution in [2.45, 2.75) is 19.4 Å². The normalized spacial score (nSPS) is 13.1. The van der Waals surface area contributed by atoms with Crippen LogP contribution in [0, 0.1) is 5.95 Å². The van der Waals surface area contributed by atoms with Crippen LogP contribution >= 0.6 is 11.3 Å². The van der Waals surface area contributed by atoms with Crippen LogP contribution in [0.3, 0.4) is 0 Å². The Bertz CT molecular complexity index is 1270. The van der Waals surface area contributed by atoms with Gasteiger partial charge in [0.2, 0.25) is 17.7 Å². The van der Waals surface area contributed by atoms with E-state index in [2.05, 4.69) is 24.9 Å². The highest BCUT2D eigenvalue weighted by Gasteiger charge is 2.20. The van der Waals surface area contributed by atoms with E-state index in [4.69, 9.17) is 9.56 Å². The molecule has 1 aromatic carbocycles. The van der Waals surface area contributed by atoms with E-state index in [0.29, 0.717) is 5.89 Å². The molecule has 0 amide bonds. The largest absolute Gasteiger partial charge is 0.423 e. The van der Waals surface area contributed by atoms with Crippen molar-refractivity contribution in [3.63, 3.8) is 0 Å². The van der Waals surface area contributed by atoms with E-state index < -0.39 is 16.2 Å². The highest BCUT2D eigenvalue weighted by Crippen LogP contribution is 2.33. The molecule has 1 unspecified atom stereocenters.